The molecule has 0 atom stereocenters. The van der Waals surface area contributed by atoms with Gasteiger partial charge in [-0.1, -0.05) is 82.7 Å². The predicted octanol–water partition coefficient (Wildman–Crippen LogP) is 13.7. The molecule has 274 valence electrons. The van der Waals surface area contributed by atoms with Gasteiger partial charge in [-0.25, -0.2) is 9.67 Å². The van der Waals surface area contributed by atoms with Gasteiger partial charge >= 0.3 is 0 Å². The quantitative estimate of drug-likeness (QED) is 0.158. The molecule has 4 aromatic carbocycles. The Morgan fingerprint density at radius 3 is 2.07 bits per heavy atom. The van der Waals surface area contributed by atoms with Crippen LogP contribution in [0.4, 0.5) is 0 Å². The minimum absolute atomic E-state index is 0.413. The lowest BCUT2D eigenvalue weighted by Gasteiger charge is -2.32. The molecule has 0 radical (unpaired) electrons. The highest BCUT2D eigenvalue weighted by atomic mass is 16.5. The molecular weight excluding hydrogens is 661 g/mol. The summed E-state index contributed by atoms with van der Waals surface area (Å²) < 4.78 is 11.0. The molecule has 2 fully saturated rings. The van der Waals surface area contributed by atoms with Gasteiger partial charge in [-0.05, 0) is 133 Å². The van der Waals surface area contributed by atoms with Gasteiger partial charge in [0.1, 0.15) is 17.3 Å². The van der Waals surface area contributed by atoms with Crippen molar-refractivity contribution in [3.63, 3.8) is 0 Å². The molecule has 9 rings (SSSR count). The van der Waals surface area contributed by atoms with E-state index in [1.54, 1.807) is 11.1 Å². The molecule has 7 aromatic rings. The molecule has 3 aromatic heterocycles. The maximum absolute atomic E-state index is 6.64. The van der Waals surface area contributed by atoms with Crippen LogP contribution in [0.25, 0.3) is 44.4 Å². The van der Waals surface area contributed by atoms with E-state index in [0.29, 0.717) is 17.8 Å². The molecule has 5 nitrogen and oxygen atoms in total. The van der Waals surface area contributed by atoms with Crippen molar-refractivity contribution in [3.8, 4) is 34.1 Å². The Balaban J connectivity index is 1.08. The number of nitrogens with zero attached hydrogens (tertiary/aromatic N) is 4. The normalized spacial score (nSPS) is 15.8. The average molecular weight is 713 g/mol. The predicted molar refractivity (Wildman–Crippen MR) is 223 cm³/mol. The summed E-state index contributed by atoms with van der Waals surface area (Å²) in [6.07, 6.45) is 19.6. The number of hydrogen-bond donors (Lipinski definition) is 0. The number of aryl methyl sites for hydroxylation is 2. The van der Waals surface area contributed by atoms with Crippen LogP contribution >= 0.6 is 0 Å². The third-order valence-corrected chi connectivity index (χ3v) is 12.3. The van der Waals surface area contributed by atoms with Gasteiger partial charge in [-0.2, -0.15) is 5.10 Å². The fraction of sp³-hybridized carbons (Fsp3) is 0.347. The summed E-state index contributed by atoms with van der Waals surface area (Å²) in [5.41, 5.74) is 13.3. The second kappa shape index (κ2) is 14.6. The van der Waals surface area contributed by atoms with E-state index in [1.165, 1.54) is 103 Å². The number of para-hydroxylation sites is 1. The molecule has 0 bridgehead atoms. The summed E-state index contributed by atoms with van der Waals surface area (Å²) in [6, 6.07) is 30.1. The zero-order valence-corrected chi connectivity index (χ0v) is 32.3. The Bertz CT molecular complexity index is 2410. The standard InChI is InChI=1S/C49H52N4O/c1-32(2)37-24-25-50-46(27-37)53-44-21-12-11-20-42(44)43-23-22-41(29-45(43)53)54-40-19-13-18-39(28-40)52-31-38(30-51-52)49-47(35-14-7-5-8-15-35)33(3)26-34(4)48(49)36-16-9-6-10-17-36/h11-13,18-32,35-36H,5-10,14-17H2,1-4H3. The first-order chi connectivity index (χ1) is 26.4. The second-order valence-corrected chi connectivity index (χ2v) is 16.3. The van der Waals surface area contributed by atoms with E-state index in [0.717, 1.165) is 34.0 Å². The summed E-state index contributed by atoms with van der Waals surface area (Å²) in [6.45, 7) is 9.16. The first-order valence-electron chi connectivity index (χ1n) is 20.4. The molecule has 0 unspecified atom stereocenters. The van der Waals surface area contributed by atoms with Crippen LogP contribution in [-0.4, -0.2) is 19.3 Å². The number of ether oxygens (including phenoxy) is 1. The van der Waals surface area contributed by atoms with Crippen LogP contribution in [0.3, 0.4) is 0 Å². The van der Waals surface area contributed by atoms with Crippen molar-refractivity contribution in [2.24, 2.45) is 0 Å². The average Bonchev–Trinajstić information content (AvgIpc) is 3.82. The van der Waals surface area contributed by atoms with Crippen molar-refractivity contribution < 1.29 is 4.74 Å². The van der Waals surface area contributed by atoms with E-state index >= 15 is 0 Å². The molecule has 0 spiro atoms. The van der Waals surface area contributed by atoms with E-state index in [4.69, 9.17) is 14.8 Å². The van der Waals surface area contributed by atoms with Gasteiger partial charge in [-0.3, -0.25) is 4.57 Å². The lowest BCUT2D eigenvalue weighted by molar-refractivity contribution is 0.435. The number of hydrogen-bond acceptors (Lipinski definition) is 3. The van der Waals surface area contributed by atoms with E-state index in [1.807, 2.05) is 16.9 Å². The van der Waals surface area contributed by atoms with E-state index in [9.17, 15) is 0 Å². The highest BCUT2D eigenvalue weighted by Crippen LogP contribution is 2.47. The fourth-order valence-electron chi connectivity index (χ4n) is 9.76. The van der Waals surface area contributed by atoms with Crippen molar-refractivity contribution in [2.75, 3.05) is 0 Å². The van der Waals surface area contributed by atoms with Crippen molar-refractivity contribution >= 4 is 21.8 Å². The van der Waals surface area contributed by atoms with Crippen molar-refractivity contribution in [1.82, 2.24) is 19.3 Å². The maximum Gasteiger partial charge on any atom is 0.137 e. The molecule has 54 heavy (non-hydrogen) atoms. The topological polar surface area (TPSA) is 44.9 Å². The summed E-state index contributed by atoms with van der Waals surface area (Å²) in [5.74, 6) is 4.15. The number of aromatic nitrogens is 4. The van der Waals surface area contributed by atoms with Crippen LogP contribution in [0.5, 0.6) is 11.5 Å². The molecule has 2 aliphatic rings. The van der Waals surface area contributed by atoms with Crippen molar-refractivity contribution in [2.45, 2.75) is 110 Å². The molecule has 0 saturated heterocycles. The van der Waals surface area contributed by atoms with E-state index < -0.39 is 0 Å². The molecule has 0 amide bonds. The maximum atomic E-state index is 6.64. The SMILES string of the molecule is Cc1cc(C)c(C2CCCCC2)c(-c2cnn(-c3cccc(Oc4ccc5c6ccccc6n(-c6cc(C(C)C)ccn6)c5c4)c3)c2)c1C1CCCCC1. The van der Waals surface area contributed by atoms with Crippen LogP contribution < -0.4 is 4.74 Å². The van der Waals surface area contributed by atoms with E-state index in [2.05, 4.69) is 124 Å². The largest absolute Gasteiger partial charge is 0.457 e. The zero-order chi connectivity index (χ0) is 36.8. The first-order valence-corrected chi connectivity index (χ1v) is 20.4. The highest BCUT2D eigenvalue weighted by molar-refractivity contribution is 6.09. The molecule has 0 N–H and O–H groups in total. The van der Waals surface area contributed by atoms with Gasteiger partial charge < -0.3 is 4.74 Å². The van der Waals surface area contributed by atoms with Crippen LogP contribution in [-0.2, 0) is 0 Å². The first kappa shape index (κ1) is 34.6. The number of rotatable bonds is 8. The Hall–Kier alpha value is -5.16. The van der Waals surface area contributed by atoms with Gasteiger partial charge in [0.2, 0.25) is 0 Å². The Labute approximate surface area is 320 Å². The van der Waals surface area contributed by atoms with Gasteiger partial charge in [0.25, 0.3) is 0 Å². The monoisotopic (exact) mass is 712 g/mol. The lowest BCUT2D eigenvalue weighted by atomic mass is 9.72. The van der Waals surface area contributed by atoms with Gasteiger partial charge in [0.15, 0.2) is 0 Å². The van der Waals surface area contributed by atoms with E-state index in [-0.39, 0.29) is 0 Å². The molecule has 2 aliphatic carbocycles. The number of fused-ring (bicyclic) bond motifs is 3. The molecule has 3 heterocycles. The van der Waals surface area contributed by atoms with Crippen LogP contribution in [0, 0.1) is 13.8 Å². The lowest BCUT2D eigenvalue weighted by Crippen LogP contribution is -2.14. The third kappa shape index (κ3) is 6.42. The Kier molecular flexibility index (Phi) is 9.34. The van der Waals surface area contributed by atoms with Crippen molar-refractivity contribution in [3.05, 3.63) is 131 Å². The smallest absolute Gasteiger partial charge is 0.137 e. The summed E-state index contributed by atoms with van der Waals surface area (Å²) >= 11 is 0. The number of benzene rings is 4. The molecule has 2 saturated carbocycles. The Morgan fingerprint density at radius 1 is 0.667 bits per heavy atom. The van der Waals surface area contributed by atoms with Crippen molar-refractivity contribution in [1.29, 1.82) is 0 Å². The number of pyridine rings is 1. The van der Waals surface area contributed by atoms with Gasteiger partial charge in [0, 0.05) is 40.9 Å². The summed E-state index contributed by atoms with van der Waals surface area (Å²) in [5, 5.41) is 7.41. The minimum atomic E-state index is 0.413. The zero-order valence-electron chi connectivity index (χ0n) is 32.3. The van der Waals surface area contributed by atoms with Crippen LogP contribution in [0.1, 0.15) is 124 Å². The summed E-state index contributed by atoms with van der Waals surface area (Å²) in [4.78, 5) is 4.83. The Morgan fingerprint density at radius 2 is 1.35 bits per heavy atom. The third-order valence-electron chi connectivity index (χ3n) is 12.3. The molecular formula is C49H52N4O. The molecule has 0 aliphatic heterocycles. The van der Waals surface area contributed by atoms with Crippen LogP contribution in [0.2, 0.25) is 0 Å². The van der Waals surface area contributed by atoms with Gasteiger partial charge in [0.05, 0.1) is 22.9 Å². The molecule has 5 heteroatoms. The van der Waals surface area contributed by atoms with Gasteiger partial charge in [-0.15, -0.1) is 0 Å². The van der Waals surface area contributed by atoms with Crippen LogP contribution in [0.15, 0.2) is 104 Å². The summed E-state index contributed by atoms with van der Waals surface area (Å²) in [7, 11) is 0. The second-order valence-electron chi connectivity index (χ2n) is 16.3. The minimum Gasteiger partial charge on any atom is -0.457 e. The highest BCUT2D eigenvalue weighted by Gasteiger charge is 2.29. The fourth-order valence-corrected chi connectivity index (χ4v) is 9.76.